The maximum Gasteiger partial charge on any atom is 0.289 e. The zero-order valence-electron chi connectivity index (χ0n) is 15.3. The minimum atomic E-state index is -0.0959. The summed E-state index contributed by atoms with van der Waals surface area (Å²) in [4.78, 5) is 29.0. The van der Waals surface area contributed by atoms with Crippen LogP contribution < -0.4 is 0 Å². The van der Waals surface area contributed by atoms with Crippen LogP contribution in [0.1, 0.15) is 35.1 Å². The van der Waals surface area contributed by atoms with Gasteiger partial charge in [-0.25, -0.2) is 0 Å². The van der Waals surface area contributed by atoms with Crippen LogP contribution >= 0.6 is 0 Å². The van der Waals surface area contributed by atoms with Crippen molar-refractivity contribution in [1.82, 2.24) is 9.80 Å². The number of likely N-dealkylation sites (tertiary alicyclic amines) is 1. The molecular weight excluding hydrogens is 344 g/mol. The Bertz CT molecular complexity index is 767. The fourth-order valence-electron chi connectivity index (χ4n) is 3.86. The standard InChI is InChI=1S/C21H24N2O4/c24-20(23-12-14-27-19(15-23)16-5-2-1-3-6-16)17-8-10-22(11-9-17)21(25)18-7-4-13-26-18/h1-7,13,17,19H,8-12,14-15H2/t19-/m0/s1. The van der Waals surface area contributed by atoms with Crippen LogP contribution in [-0.4, -0.2) is 54.4 Å². The number of carbonyl (C=O) groups excluding carboxylic acids is 2. The number of rotatable bonds is 3. The lowest BCUT2D eigenvalue weighted by Crippen LogP contribution is -2.48. The molecule has 2 aliphatic rings. The fourth-order valence-corrected chi connectivity index (χ4v) is 3.86. The number of ether oxygens (including phenoxy) is 1. The summed E-state index contributed by atoms with van der Waals surface area (Å²) in [7, 11) is 0. The molecule has 1 aromatic carbocycles. The van der Waals surface area contributed by atoms with Crippen molar-refractivity contribution in [3.05, 3.63) is 60.1 Å². The highest BCUT2D eigenvalue weighted by Crippen LogP contribution is 2.26. The van der Waals surface area contributed by atoms with Gasteiger partial charge in [0.05, 0.1) is 19.4 Å². The summed E-state index contributed by atoms with van der Waals surface area (Å²) < 4.78 is 11.1. The number of piperidine rings is 1. The number of furan rings is 1. The molecule has 0 N–H and O–H groups in total. The summed E-state index contributed by atoms with van der Waals surface area (Å²) in [6.07, 6.45) is 2.83. The van der Waals surface area contributed by atoms with E-state index in [0.717, 1.165) is 5.56 Å². The predicted molar refractivity (Wildman–Crippen MR) is 99.1 cm³/mol. The highest BCUT2D eigenvalue weighted by molar-refractivity contribution is 5.91. The Labute approximate surface area is 158 Å². The second kappa shape index (κ2) is 7.96. The van der Waals surface area contributed by atoms with Gasteiger partial charge in [0, 0.05) is 25.6 Å². The first-order chi connectivity index (χ1) is 13.2. The highest BCUT2D eigenvalue weighted by atomic mass is 16.5. The van der Waals surface area contributed by atoms with Gasteiger partial charge in [-0.05, 0) is 30.5 Å². The quantitative estimate of drug-likeness (QED) is 0.836. The van der Waals surface area contributed by atoms with Crippen molar-refractivity contribution in [2.24, 2.45) is 5.92 Å². The van der Waals surface area contributed by atoms with Crippen LogP contribution in [0.5, 0.6) is 0 Å². The van der Waals surface area contributed by atoms with Gasteiger partial charge in [-0.2, -0.15) is 0 Å². The number of hydrogen-bond donors (Lipinski definition) is 0. The zero-order valence-corrected chi connectivity index (χ0v) is 15.3. The molecule has 2 amide bonds. The van der Waals surface area contributed by atoms with Gasteiger partial charge < -0.3 is 19.0 Å². The van der Waals surface area contributed by atoms with E-state index in [1.165, 1.54) is 6.26 Å². The molecule has 142 valence electrons. The summed E-state index contributed by atoms with van der Waals surface area (Å²) in [5.41, 5.74) is 1.11. The van der Waals surface area contributed by atoms with Crippen LogP contribution in [0, 0.1) is 5.92 Å². The molecule has 2 saturated heterocycles. The molecule has 4 rings (SSSR count). The van der Waals surface area contributed by atoms with Gasteiger partial charge in [0.1, 0.15) is 6.10 Å². The SMILES string of the molecule is O=C(c1ccco1)N1CCC(C(=O)N2CCO[C@H](c3ccccc3)C2)CC1. The smallest absolute Gasteiger partial charge is 0.289 e. The van der Waals surface area contributed by atoms with E-state index < -0.39 is 0 Å². The number of amides is 2. The fraction of sp³-hybridized carbons (Fsp3) is 0.429. The molecular formula is C21H24N2O4. The number of carbonyl (C=O) groups is 2. The molecule has 2 aromatic rings. The molecule has 1 aromatic heterocycles. The molecule has 0 unspecified atom stereocenters. The molecule has 27 heavy (non-hydrogen) atoms. The normalized spacial score (nSPS) is 21.3. The van der Waals surface area contributed by atoms with E-state index in [1.807, 2.05) is 35.2 Å². The molecule has 0 spiro atoms. The van der Waals surface area contributed by atoms with Crippen molar-refractivity contribution < 1.29 is 18.7 Å². The lowest BCUT2D eigenvalue weighted by Gasteiger charge is -2.37. The lowest BCUT2D eigenvalue weighted by molar-refractivity contribution is -0.144. The maximum atomic E-state index is 13.0. The van der Waals surface area contributed by atoms with Crippen LogP contribution in [-0.2, 0) is 9.53 Å². The van der Waals surface area contributed by atoms with Crippen molar-refractivity contribution in [1.29, 1.82) is 0 Å². The summed E-state index contributed by atoms with van der Waals surface area (Å²) in [5, 5.41) is 0. The van der Waals surface area contributed by atoms with Crippen molar-refractivity contribution >= 4 is 11.8 Å². The summed E-state index contributed by atoms with van der Waals surface area (Å²) >= 11 is 0. The molecule has 0 saturated carbocycles. The van der Waals surface area contributed by atoms with Gasteiger partial charge in [0.25, 0.3) is 5.91 Å². The van der Waals surface area contributed by atoms with Crippen LogP contribution in [0.15, 0.2) is 53.1 Å². The van der Waals surface area contributed by atoms with Gasteiger partial charge in [-0.3, -0.25) is 9.59 Å². The molecule has 2 fully saturated rings. The van der Waals surface area contributed by atoms with Gasteiger partial charge in [0.2, 0.25) is 5.91 Å². The van der Waals surface area contributed by atoms with Crippen molar-refractivity contribution in [3.63, 3.8) is 0 Å². The van der Waals surface area contributed by atoms with Crippen LogP contribution in [0.2, 0.25) is 0 Å². The van der Waals surface area contributed by atoms with Gasteiger partial charge >= 0.3 is 0 Å². The Morgan fingerprint density at radius 3 is 2.41 bits per heavy atom. The van der Waals surface area contributed by atoms with Crippen LogP contribution in [0.25, 0.3) is 0 Å². The average Bonchev–Trinajstić information content (AvgIpc) is 3.28. The Morgan fingerprint density at radius 1 is 0.926 bits per heavy atom. The second-order valence-corrected chi connectivity index (χ2v) is 7.10. The molecule has 2 aliphatic heterocycles. The Balaban J connectivity index is 1.33. The van der Waals surface area contributed by atoms with Gasteiger partial charge in [-0.1, -0.05) is 30.3 Å². The number of hydrogen-bond acceptors (Lipinski definition) is 4. The second-order valence-electron chi connectivity index (χ2n) is 7.10. The maximum absolute atomic E-state index is 13.0. The van der Waals surface area contributed by atoms with Gasteiger partial charge in [0.15, 0.2) is 5.76 Å². The van der Waals surface area contributed by atoms with Crippen molar-refractivity contribution in [2.45, 2.75) is 18.9 Å². The summed E-state index contributed by atoms with van der Waals surface area (Å²) in [6.45, 7) is 2.95. The van der Waals surface area contributed by atoms with Gasteiger partial charge in [-0.15, -0.1) is 0 Å². The third-order valence-electron chi connectivity index (χ3n) is 5.41. The largest absolute Gasteiger partial charge is 0.459 e. The van der Waals surface area contributed by atoms with E-state index >= 15 is 0 Å². The Morgan fingerprint density at radius 2 is 1.70 bits per heavy atom. The first-order valence-corrected chi connectivity index (χ1v) is 9.50. The number of nitrogens with zero attached hydrogens (tertiary/aromatic N) is 2. The zero-order chi connectivity index (χ0) is 18.6. The summed E-state index contributed by atoms with van der Waals surface area (Å²) in [6, 6.07) is 13.4. The molecule has 0 radical (unpaired) electrons. The van der Waals surface area contributed by atoms with E-state index in [2.05, 4.69) is 0 Å². The first kappa shape index (κ1) is 17.8. The van der Waals surface area contributed by atoms with E-state index in [4.69, 9.17) is 9.15 Å². The average molecular weight is 368 g/mol. The van der Waals surface area contributed by atoms with Crippen molar-refractivity contribution in [2.75, 3.05) is 32.8 Å². The molecule has 0 bridgehead atoms. The Kier molecular flexibility index (Phi) is 5.25. The van der Waals surface area contributed by atoms with E-state index in [-0.39, 0.29) is 23.8 Å². The Hall–Kier alpha value is -2.60. The highest BCUT2D eigenvalue weighted by Gasteiger charge is 2.33. The molecule has 1 atom stereocenters. The van der Waals surface area contributed by atoms with E-state index in [9.17, 15) is 9.59 Å². The summed E-state index contributed by atoms with van der Waals surface area (Å²) in [5.74, 6) is 0.421. The van der Waals surface area contributed by atoms with Crippen molar-refractivity contribution in [3.8, 4) is 0 Å². The molecule has 6 nitrogen and oxygen atoms in total. The van der Waals surface area contributed by atoms with E-state index in [0.29, 0.717) is 51.4 Å². The number of benzene rings is 1. The molecule has 6 heteroatoms. The molecule has 0 aliphatic carbocycles. The van der Waals surface area contributed by atoms with Crippen LogP contribution in [0.3, 0.4) is 0 Å². The van der Waals surface area contributed by atoms with Crippen LogP contribution in [0.4, 0.5) is 0 Å². The molecule has 3 heterocycles. The minimum Gasteiger partial charge on any atom is -0.459 e. The monoisotopic (exact) mass is 368 g/mol. The first-order valence-electron chi connectivity index (χ1n) is 9.50. The third kappa shape index (κ3) is 3.90. The predicted octanol–water partition coefficient (Wildman–Crippen LogP) is 2.73. The third-order valence-corrected chi connectivity index (χ3v) is 5.41. The topological polar surface area (TPSA) is 63.0 Å². The minimum absolute atomic E-state index is 0.0276. The number of morpholine rings is 1. The lowest BCUT2D eigenvalue weighted by atomic mass is 9.94. The van der Waals surface area contributed by atoms with E-state index in [1.54, 1.807) is 17.0 Å².